The van der Waals surface area contributed by atoms with Crippen molar-refractivity contribution >= 4 is 23.4 Å². The summed E-state index contributed by atoms with van der Waals surface area (Å²) in [6, 6.07) is 22.0. The van der Waals surface area contributed by atoms with Crippen molar-refractivity contribution in [2.75, 3.05) is 13.2 Å². The van der Waals surface area contributed by atoms with Crippen molar-refractivity contribution in [1.82, 2.24) is 10.2 Å². The van der Waals surface area contributed by atoms with Gasteiger partial charge in [-0.2, -0.15) is 0 Å². The Morgan fingerprint density at radius 1 is 0.971 bits per heavy atom. The van der Waals surface area contributed by atoms with Gasteiger partial charge in [0, 0.05) is 24.5 Å². The second kappa shape index (κ2) is 12.2. The minimum atomic E-state index is -0.713. The van der Waals surface area contributed by atoms with E-state index in [9.17, 15) is 9.59 Å². The van der Waals surface area contributed by atoms with Crippen LogP contribution in [-0.4, -0.2) is 35.9 Å². The Hall–Kier alpha value is -3.31. The molecule has 5 nitrogen and oxygen atoms in total. The summed E-state index contributed by atoms with van der Waals surface area (Å²) < 4.78 is 5.84. The lowest BCUT2D eigenvalue weighted by Crippen LogP contribution is -2.51. The summed E-state index contributed by atoms with van der Waals surface area (Å²) in [6.45, 7) is 6.37. The van der Waals surface area contributed by atoms with Crippen molar-refractivity contribution in [3.8, 4) is 5.75 Å². The molecule has 0 radical (unpaired) electrons. The standard InChI is InChI=1S/C28H31ClN2O3/c1-4-30-28(33)26(17-22-10-6-5-7-11-22)31(18-23-12-8-9-13-25(23)29)27(32)19-34-24-15-14-20(2)21(3)16-24/h5-16,26H,4,17-19H2,1-3H3,(H,30,33)/t26-/m1/s1. The number of hydrogen-bond acceptors (Lipinski definition) is 3. The molecule has 0 fully saturated rings. The number of benzene rings is 3. The van der Waals surface area contributed by atoms with Gasteiger partial charge < -0.3 is 15.0 Å². The van der Waals surface area contributed by atoms with Crippen LogP contribution in [0.15, 0.2) is 72.8 Å². The molecule has 0 heterocycles. The smallest absolute Gasteiger partial charge is 0.261 e. The van der Waals surface area contributed by atoms with Gasteiger partial charge in [0.15, 0.2) is 6.61 Å². The van der Waals surface area contributed by atoms with Gasteiger partial charge in [-0.05, 0) is 61.2 Å². The number of nitrogens with zero attached hydrogens (tertiary/aromatic N) is 1. The van der Waals surface area contributed by atoms with E-state index >= 15 is 0 Å². The first kappa shape index (κ1) is 25.3. The minimum Gasteiger partial charge on any atom is -0.484 e. The van der Waals surface area contributed by atoms with E-state index in [1.54, 1.807) is 11.0 Å². The normalized spacial score (nSPS) is 11.5. The molecule has 34 heavy (non-hydrogen) atoms. The summed E-state index contributed by atoms with van der Waals surface area (Å²) in [6.07, 6.45) is 0.381. The Bertz CT molecular complexity index is 1120. The molecule has 3 aromatic carbocycles. The van der Waals surface area contributed by atoms with Crippen molar-refractivity contribution in [2.45, 2.75) is 39.8 Å². The second-order valence-electron chi connectivity index (χ2n) is 8.25. The third-order valence-electron chi connectivity index (χ3n) is 5.76. The predicted octanol–water partition coefficient (Wildman–Crippen LogP) is 5.11. The molecule has 0 aliphatic carbocycles. The van der Waals surface area contributed by atoms with Gasteiger partial charge in [0.25, 0.3) is 5.91 Å². The highest BCUT2D eigenvalue weighted by Gasteiger charge is 2.30. The summed E-state index contributed by atoms with van der Waals surface area (Å²) in [5.74, 6) is 0.120. The summed E-state index contributed by atoms with van der Waals surface area (Å²) >= 11 is 6.41. The number of carbonyl (C=O) groups excluding carboxylic acids is 2. The number of likely N-dealkylation sites (N-methyl/N-ethyl adjacent to an activating group) is 1. The van der Waals surface area contributed by atoms with E-state index in [0.29, 0.717) is 23.7 Å². The van der Waals surface area contributed by atoms with Gasteiger partial charge in [0.2, 0.25) is 5.91 Å². The van der Waals surface area contributed by atoms with Crippen LogP contribution < -0.4 is 10.1 Å². The predicted molar refractivity (Wildman–Crippen MR) is 136 cm³/mol. The number of nitrogens with one attached hydrogen (secondary N) is 1. The molecule has 0 aliphatic heterocycles. The third-order valence-corrected chi connectivity index (χ3v) is 6.13. The van der Waals surface area contributed by atoms with Crippen LogP contribution in [0.2, 0.25) is 5.02 Å². The van der Waals surface area contributed by atoms with E-state index in [4.69, 9.17) is 16.3 Å². The van der Waals surface area contributed by atoms with Crippen LogP contribution in [-0.2, 0) is 22.6 Å². The van der Waals surface area contributed by atoms with Gasteiger partial charge in [-0.25, -0.2) is 0 Å². The van der Waals surface area contributed by atoms with Crippen LogP contribution in [0, 0.1) is 13.8 Å². The van der Waals surface area contributed by atoms with Gasteiger partial charge >= 0.3 is 0 Å². The van der Waals surface area contributed by atoms with E-state index in [1.807, 2.05) is 87.5 Å². The highest BCUT2D eigenvalue weighted by atomic mass is 35.5. The summed E-state index contributed by atoms with van der Waals surface area (Å²) in [5, 5.41) is 3.43. The van der Waals surface area contributed by atoms with Crippen molar-refractivity contribution in [1.29, 1.82) is 0 Å². The van der Waals surface area contributed by atoms with Crippen molar-refractivity contribution in [3.63, 3.8) is 0 Å². The first-order valence-electron chi connectivity index (χ1n) is 11.4. The maximum absolute atomic E-state index is 13.5. The fourth-order valence-electron chi connectivity index (χ4n) is 3.69. The number of amides is 2. The lowest BCUT2D eigenvalue weighted by molar-refractivity contribution is -0.142. The molecular formula is C28H31ClN2O3. The number of hydrogen-bond donors (Lipinski definition) is 1. The third kappa shape index (κ3) is 6.84. The zero-order valence-corrected chi connectivity index (χ0v) is 20.6. The van der Waals surface area contributed by atoms with Gasteiger partial charge in [-0.3, -0.25) is 9.59 Å². The Morgan fingerprint density at radius 2 is 1.68 bits per heavy atom. The number of aryl methyl sites for hydroxylation is 2. The molecule has 0 aliphatic rings. The number of halogens is 1. The number of ether oxygens (including phenoxy) is 1. The molecule has 1 N–H and O–H groups in total. The van der Waals surface area contributed by atoms with E-state index in [1.165, 1.54) is 0 Å². The largest absolute Gasteiger partial charge is 0.484 e. The average Bonchev–Trinajstić information content (AvgIpc) is 2.83. The first-order valence-corrected chi connectivity index (χ1v) is 11.8. The fraction of sp³-hybridized carbons (Fsp3) is 0.286. The van der Waals surface area contributed by atoms with Crippen LogP contribution in [0.1, 0.15) is 29.2 Å². The minimum absolute atomic E-state index is 0.183. The van der Waals surface area contributed by atoms with Crippen molar-refractivity contribution in [3.05, 3.63) is 100 Å². The average molecular weight is 479 g/mol. The Labute approximate surface area is 206 Å². The topological polar surface area (TPSA) is 58.6 Å². The van der Waals surface area contributed by atoms with Crippen LogP contribution in [0.4, 0.5) is 0 Å². The SMILES string of the molecule is CCNC(=O)[C@@H](Cc1ccccc1)N(Cc1ccccc1Cl)C(=O)COc1ccc(C)c(C)c1. The molecule has 0 bridgehead atoms. The molecule has 0 spiro atoms. The molecule has 0 aromatic heterocycles. The molecular weight excluding hydrogens is 448 g/mol. The maximum atomic E-state index is 13.5. The van der Waals surface area contributed by atoms with Crippen LogP contribution in [0.25, 0.3) is 0 Å². The highest BCUT2D eigenvalue weighted by molar-refractivity contribution is 6.31. The van der Waals surface area contributed by atoms with Crippen LogP contribution in [0.5, 0.6) is 5.75 Å². The zero-order valence-electron chi connectivity index (χ0n) is 19.9. The van der Waals surface area contributed by atoms with E-state index in [-0.39, 0.29) is 25.0 Å². The van der Waals surface area contributed by atoms with Gasteiger partial charge in [-0.15, -0.1) is 0 Å². The molecule has 178 valence electrons. The quantitative estimate of drug-likeness (QED) is 0.440. The lowest BCUT2D eigenvalue weighted by Gasteiger charge is -2.31. The Balaban J connectivity index is 1.90. The lowest BCUT2D eigenvalue weighted by atomic mass is 10.0. The molecule has 0 saturated heterocycles. The summed E-state index contributed by atoms with van der Waals surface area (Å²) in [7, 11) is 0. The number of carbonyl (C=O) groups is 2. The Kier molecular flexibility index (Phi) is 9.11. The summed E-state index contributed by atoms with van der Waals surface area (Å²) in [5.41, 5.74) is 3.97. The van der Waals surface area contributed by atoms with Crippen molar-refractivity contribution < 1.29 is 14.3 Å². The van der Waals surface area contributed by atoms with Crippen molar-refractivity contribution in [2.24, 2.45) is 0 Å². The van der Waals surface area contributed by atoms with E-state index < -0.39 is 6.04 Å². The molecule has 3 aromatic rings. The van der Waals surface area contributed by atoms with E-state index in [2.05, 4.69) is 5.32 Å². The molecule has 0 saturated carbocycles. The van der Waals surface area contributed by atoms with E-state index in [0.717, 1.165) is 22.3 Å². The molecule has 1 atom stereocenters. The molecule has 0 unspecified atom stereocenters. The van der Waals surface area contributed by atoms with Gasteiger partial charge in [-0.1, -0.05) is 66.2 Å². The van der Waals surface area contributed by atoms with Crippen LogP contribution in [0.3, 0.4) is 0 Å². The highest BCUT2D eigenvalue weighted by Crippen LogP contribution is 2.21. The second-order valence-corrected chi connectivity index (χ2v) is 8.66. The fourth-order valence-corrected chi connectivity index (χ4v) is 3.88. The van der Waals surface area contributed by atoms with Crippen LogP contribution >= 0.6 is 11.6 Å². The number of rotatable bonds is 10. The molecule has 3 rings (SSSR count). The maximum Gasteiger partial charge on any atom is 0.261 e. The summed E-state index contributed by atoms with van der Waals surface area (Å²) in [4.78, 5) is 28.2. The first-order chi connectivity index (χ1) is 16.4. The zero-order chi connectivity index (χ0) is 24.5. The Morgan fingerprint density at radius 3 is 2.35 bits per heavy atom. The van der Waals surface area contributed by atoms with Gasteiger partial charge in [0.05, 0.1) is 0 Å². The molecule has 2 amide bonds. The monoisotopic (exact) mass is 478 g/mol. The van der Waals surface area contributed by atoms with Gasteiger partial charge in [0.1, 0.15) is 11.8 Å². The molecule has 6 heteroatoms.